The fourth-order valence-electron chi connectivity index (χ4n) is 2.24. The lowest BCUT2D eigenvalue weighted by Crippen LogP contribution is -2.49. The van der Waals surface area contributed by atoms with Crippen molar-refractivity contribution in [2.24, 2.45) is 5.73 Å². The van der Waals surface area contributed by atoms with E-state index in [2.05, 4.69) is 0 Å². The van der Waals surface area contributed by atoms with Crippen LogP contribution in [0.1, 0.15) is 0 Å². The number of para-hydroxylation sites is 1. The average Bonchev–Trinajstić information content (AvgIpc) is 2.48. The van der Waals surface area contributed by atoms with Crippen molar-refractivity contribution in [3.63, 3.8) is 0 Å². The SMILES string of the molecule is NCCSCC(=O)N1CCN(c2ccccc2F)CC1. The van der Waals surface area contributed by atoms with Crippen molar-refractivity contribution in [3.8, 4) is 0 Å². The Bertz CT molecular complexity index is 450. The topological polar surface area (TPSA) is 49.6 Å². The fraction of sp³-hybridized carbons (Fsp3) is 0.500. The number of carbonyl (C=O) groups is 1. The van der Waals surface area contributed by atoms with Gasteiger partial charge < -0.3 is 15.5 Å². The Morgan fingerprint density at radius 3 is 2.60 bits per heavy atom. The third-order valence-electron chi connectivity index (χ3n) is 3.31. The van der Waals surface area contributed by atoms with Gasteiger partial charge in [-0.1, -0.05) is 12.1 Å². The van der Waals surface area contributed by atoms with Gasteiger partial charge >= 0.3 is 0 Å². The van der Waals surface area contributed by atoms with Crippen molar-refractivity contribution >= 4 is 23.4 Å². The molecule has 2 N–H and O–H groups in total. The first-order valence-corrected chi connectivity index (χ1v) is 7.93. The van der Waals surface area contributed by atoms with Crippen LogP contribution in [0.5, 0.6) is 0 Å². The van der Waals surface area contributed by atoms with Crippen molar-refractivity contribution in [3.05, 3.63) is 30.1 Å². The Morgan fingerprint density at radius 2 is 1.95 bits per heavy atom. The van der Waals surface area contributed by atoms with E-state index < -0.39 is 0 Å². The number of hydrogen-bond acceptors (Lipinski definition) is 4. The predicted octanol–water partition coefficient (Wildman–Crippen LogP) is 1.17. The van der Waals surface area contributed by atoms with Gasteiger partial charge in [-0.25, -0.2) is 4.39 Å². The summed E-state index contributed by atoms with van der Waals surface area (Å²) in [4.78, 5) is 15.8. The molecule has 0 unspecified atom stereocenters. The first kappa shape index (κ1) is 15.1. The highest BCUT2D eigenvalue weighted by Crippen LogP contribution is 2.20. The Kier molecular flexibility index (Phi) is 5.67. The molecule has 1 aromatic carbocycles. The van der Waals surface area contributed by atoms with Crippen molar-refractivity contribution < 1.29 is 9.18 Å². The minimum Gasteiger partial charge on any atom is -0.366 e. The van der Waals surface area contributed by atoms with Crippen LogP contribution in [0.15, 0.2) is 24.3 Å². The van der Waals surface area contributed by atoms with Gasteiger partial charge in [-0.05, 0) is 12.1 Å². The van der Waals surface area contributed by atoms with E-state index >= 15 is 0 Å². The second kappa shape index (κ2) is 7.50. The monoisotopic (exact) mass is 297 g/mol. The summed E-state index contributed by atoms with van der Waals surface area (Å²) in [6.07, 6.45) is 0. The highest BCUT2D eigenvalue weighted by Gasteiger charge is 2.22. The second-order valence-electron chi connectivity index (χ2n) is 4.66. The molecular weight excluding hydrogens is 277 g/mol. The van der Waals surface area contributed by atoms with Gasteiger partial charge in [-0.2, -0.15) is 11.8 Å². The number of hydrogen-bond donors (Lipinski definition) is 1. The van der Waals surface area contributed by atoms with Crippen LogP contribution in [-0.2, 0) is 4.79 Å². The number of halogens is 1. The maximum atomic E-state index is 13.7. The van der Waals surface area contributed by atoms with Crippen molar-refractivity contribution in [1.29, 1.82) is 0 Å². The number of nitrogens with zero attached hydrogens (tertiary/aromatic N) is 2. The number of amides is 1. The molecule has 1 aromatic rings. The highest BCUT2D eigenvalue weighted by atomic mass is 32.2. The lowest BCUT2D eigenvalue weighted by Gasteiger charge is -2.36. The molecule has 4 nitrogen and oxygen atoms in total. The van der Waals surface area contributed by atoms with Crippen LogP contribution in [0.25, 0.3) is 0 Å². The van der Waals surface area contributed by atoms with Crippen LogP contribution >= 0.6 is 11.8 Å². The van der Waals surface area contributed by atoms with Crippen molar-refractivity contribution in [1.82, 2.24) is 4.90 Å². The molecule has 0 aliphatic carbocycles. The molecule has 1 saturated heterocycles. The average molecular weight is 297 g/mol. The van der Waals surface area contributed by atoms with E-state index in [1.807, 2.05) is 15.9 Å². The van der Waals surface area contributed by atoms with Crippen molar-refractivity contribution in [2.45, 2.75) is 0 Å². The molecule has 0 saturated carbocycles. The van der Waals surface area contributed by atoms with E-state index in [0.29, 0.717) is 44.2 Å². The first-order valence-electron chi connectivity index (χ1n) is 6.77. The standard InChI is InChI=1S/C14H20FN3OS/c15-12-3-1-2-4-13(12)17-6-8-18(9-7-17)14(19)11-20-10-5-16/h1-4H,5-11,16H2. The summed E-state index contributed by atoms with van der Waals surface area (Å²) < 4.78 is 13.7. The number of carbonyl (C=O) groups excluding carboxylic acids is 1. The zero-order chi connectivity index (χ0) is 14.4. The Labute approximate surface area is 123 Å². The van der Waals surface area contributed by atoms with Gasteiger partial charge in [0.05, 0.1) is 11.4 Å². The van der Waals surface area contributed by atoms with Gasteiger partial charge in [0.1, 0.15) is 5.82 Å². The molecule has 1 aliphatic rings. The largest absolute Gasteiger partial charge is 0.366 e. The lowest BCUT2D eigenvalue weighted by atomic mass is 10.2. The predicted molar refractivity (Wildman–Crippen MR) is 81.6 cm³/mol. The van der Waals surface area contributed by atoms with E-state index in [0.717, 1.165) is 5.75 Å². The molecule has 1 heterocycles. The summed E-state index contributed by atoms with van der Waals surface area (Å²) in [7, 11) is 0. The molecule has 0 bridgehead atoms. The third kappa shape index (κ3) is 3.86. The highest BCUT2D eigenvalue weighted by molar-refractivity contribution is 7.99. The zero-order valence-corrected chi connectivity index (χ0v) is 12.2. The van der Waals surface area contributed by atoms with Gasteiger partial charge in [-0.3, -0.25) is 4.79 Å². The molecule has 1 amide bonds. The van der Waals surface area contributed by atoms with Crippen LogP contribution in [0, 0.1) is 5.82 Å². The quantitative estimate of drug-likeness (QED) is 0.829. The fourth-order valence-corrected chi connectivity index (χ4v) is 2.91. The smallest absolute Gasteiger partial charge is 0.232 e. The minimum atomic E-state index is -0.203. The van der Waals surface area contributed by atoms with Gasteiger partial charge in [-0.15, -0.1) is 0 Å². The molecule has 0 radical (unpaired) electrons. The van der Waals surface area contributed by atoms with Crippen LogP contribution in [0.2, 0.25) is 0 Å². The zero-order valence-electron chi connectivity index (χ0n) is 11.4. The van der Waals surface area contributed by atoms with Crippen LogP contribution in [0.4, 0.5) is 10.1 Å². The molecule has 6 heteroatoms. The van der Waals surface area contributed by atoms with E-state index in [1.54, 1.807) is 23.9 Å². The number of anilines is 1. The lowest BCUT2D eigenvalue weighted by molar-refractivity contribution is -0.128. The number of benzene rings is 1. The summed E-state index contributed by atoms with van der Waals surface area (Å²) >= 11 is 1.56. The molecule has 110 valence electrons. The number of thioether (sulfide) groups is 1. The van der Waals surface area contributed by atoms with Gasteiger partial charge in [0.25, 0.3) is 0 Å². The molecule has 0 spiro atoms. The van der Waals surface area contributed by atoms with E-state index in [9.17, 15) is 9.18 Å². The van der Waals surface area contributed by atoms with E-state index in [1.165, 1.54) is 6.07 Å². The maximum absolute atomic E-state index is 13.7. The summed E-state index contributed by atoms with van der Waals surface area (Å²) in [5.74, 6) is 1.24. The Balaban J connectivity index is 1.83. The molecule has 0 atom stereocenters. The van der Waals surface area contributed by atoms with Gasteiger partial charge in [0.15, 0.2) is 0 Å². The Hall–Kier alpha value is -1.27. The van der Waals surface area contributed by atoms with E-state index in [4.69, 9.17) is 5.73 Å². The van der Waals surface area contributed by atoms with Gasteiger partial charge in [0.2, 0.25) is 5.91 Å². The molecule has 2 rings (SSSR count). The first-order chi connectivity index (χ1) is 9.72. The molecule has 1 fully saturated rings. The van der Waals surface area contributed by atoms with Crippen molar-refractivity contribution in [2.75, 3.05) is 49.1 Å². The molecule has 20 heavy (non-hydrogen) atoms. The third-order valence-corrected chi connectivity index (χ3v) is 4.29. The minimum absolute atomic E-state index is 0.150. The van der Waals surface area contributed by atoms with Crippen LogP contribution < -0.4 is 10.6 Å². The van der Waals surface area contributed by atoms with Crippen LogP contribution in [0.3, 0.4) is 0 Å². The summed E-state index contributed by atoms with van der Waals surface area (Å²) in [5.41, 5.74) is 6.02. The molecular formula is C14H20FN3OS. The summed E-state index contributed by atoms with van der Waals surface area (Å²) in [6, 6.07) is 6.77. The number of piperazine rings is 1. The number of rotatable bonds is 5. The maximum Gasteiger partial charge on any atom is 0.232 e. The second-order valence-corrected chi connectivity index (χ2v) is 5.77. The van der Waals surface area contributed by atoms with E-state index in [-0.39, 0.29) is 11.7 Å². The summed E-state index contributed by atoms with van der Waals surface area (Å²) in [5, 5.41) is 0. The number of nitrogens with two attached hydrogens (primary N) is 1. The normalized spacial score (nSPS) is 15.5. The Morgan fingerprint density at radius 1 is 1.25 bits per heavy atom. The van der Waals surface area contributed by atoms with Gasteiger partial charge in [0, 0.05) is 38.5 Å². The molecule has 0 aromatic heterocycles. The van der Waals surface area contributed by atoms with Crippen LogP contribution in [-0.4, -0.2) is 55.0 Å². The molecule has 1 aliphatic heterocycles. The summed E-state index contributed by atoms with van der Waals surface area (Å²) in [6.45, 7) is 3.24.